The third-order valence-corrected chi connectivity index (χ3v) is 3.22. The summed E-state index contributed by atoms with van der Waals surface area (Å²) in [6.07, 6.45) is -3.71. The standard InChI is InChI=1S/C12H4Cl2F3N3O2.ClH/c13-7-1-6(12(15,16)17)2-8(14)10(7)20-9(11(21)22)5(3-18)4-19-20;/h1-2,4H,(H,21,22);1H. The molecule has 0 saturated carbocycles. The number of aromatic nitrogens is 2. The number of halogens is 6. The molecule has 0 spiro atoms. The molecule has 0 aliphatic rings. The van der Waals surface area contributed by atoms with Crippen LogP contribution in [-0.4, -0.2) is 20.9 Å². The number of carboxylic acid groups (broad SMARTS) is 1. The third-order valence-electron chi connectivity index (χ3n) is 2.65. The van der Waals surface area contributed by atoms with Gasteiger partial charge in [0, 0.05) is 0 Å². The van der Waals surface area contributed by atoms with E-state index in [9.17, 15) is 18.0 Å². The van der Waals surface area contributed by atoms with Gasteiger partial charge < -0.3 is 5.11 Å². The van der Waals surface area contributed by atoms with E-state index in [-0.39, 0.29) is 23.7 Å². The smallest absolute Gasteiger partial charge is 0.416 e. The molecule has 0 amide bonds. The molecule has 2 aromatic rings. The monoisotopic (exact) mass is 385 g/mol. The van der Waals surface area contributed by atoms with Crippen molar-refractivity contribution in [2.45, 2.75) is 6.18 Å². The Kier molecular flexibility index (Phi) is 5.53. The molecule has 0 fully saturated rings. The van der Waals surface area contributed by atoms with E-state index in [1.807, 2.05) is 0 Å². The van der Waals surface area contributed by atoms with E-state index in [0.717, 1.165) is 6.20 Å². The molecule has 0 radical (unpaired) electrons. The maximum Gasteiger partial charge on any atom is 0.416 e. The van der Waals surface area contributed by atoms with Crippen LogP contribution in [-0.2, 0) is 6.18 Å². The fraction of sp³-hybridized carbons (Fsp3) is 0.0833. The Hall–Kier alpha value is -1.95. The summed E-state index contributed by atoms with van der Waals surface area (Å²) >= 11 is 11.6. The Morgan fingerprint density at radius 2 is 1.83 bits per heavy atom. The Balaban J connectivity index is 0.00000264. The van der Waals surface area contributed by atoms with Gasteiger partial charge in [0.2, 0.25) is 0 Å². The van der Waals surface area contributed by atoms with Gasteiger partial charge >= 0.3 is 12.1 Å². The quantitative estimate of drug-likeness (QED) is 0.839. The van der Waals surface area contributed by atoms with Crippen LogP contribution in [0.5, 0.6) is 0 Å². The molecular formula is C12H5Cl3F3N3O2. The lowest BCUT2D eigenvalue weighted by atomic mass is 10.2. The normalized spacial score (nSPS) is 10.8. The van der Waals surface area contributed by atoms with E-state index in [0.29, 0.717) is 16.8 Å². The summed E-state index contributed by atoms with van der Waals surface area (Å²) in [5.74, 6) is -1.50. The highest BCUT2D eigenvalue weighted by Gasteiger charge is 2.33. The van der Waals surface area contributed by atoms with Gasteiger partial charge in [-0.3, -0.25) is 0 Å². The topological polar surface area (TPSA) is 78.9 Å². The molecule has 0 aliphatic carbocycles. The van der Waals surface area contributed by atoms with Gasteiger partial charge in [-0.15, -0.1) is 12.4 Å². The summed E-state index contributed by atoms with van der Waals surface area (Å²) in [5, 5.41) is 20.7. The van der Waals surface area contributed by atoms with Crippen molar-refractivity contribution in [3.63, 3.8) is 0 Å². The second kappa shape index (κ2) is 6.66. The number of nitrogens with zero attached hydrogens (tertiary/aromatic N) is 3. The molecule has 1 aromatic heterocycles. The van der Waals surface area contributed by atoms with Crippen LogP contribution in [0.3, 0.4) is 0 Å². The molecule has 11 heteroatoms. The zero-order valence-corrected chi connectivity index (χ0v) is 13.1. The first kappa shape index (κ1) is 19.1. The van der Waals surface area contributed by atoms with Crippen LogP contribution in [0.4, 0.5) is 13.2 Å². The van der Waals surface area contributed by atoms with Gasteiger partial charge in [-0.2, -0.15) is 23.5 Å². The van der Waals surface area contributed by atoms with Crippen molar-refractivity contribution in [2.24, 2.45) is 0 Å². The molecule has 1 heterocycles. The molecule has 0 saturated heterocycles. The first-order chi connectivity index (χ1) is 10.2. The predicted octanol–water partition coefficient (Wildman–Crippen LogP) is 4.19. The molecule has 5 nitrogen and oxygen atoms in total. The van der Waals surface area contributed by atoms with E-state index >= 15 is 0 Å². The first-order valence-corrected chi connectivity index (χ1v) is 6.20. The molecule has 0 unspecified atom stereocenters. The second-order valence-corrected chi connectivity index (χ2v) is 4.84. The SMILES string of the molecule is Cl.N#Cc1cnn(-c2c(Cl)cc(C(F)(F)F)cc2Cl)c1C(=O)O. The molecule has 1 aromatic carbocycles. The number of aromatic carboxylic acids is 1. The molecule has 0 bridgehead atoms. The number of alkyl halides is 3. The highest BCUT2D eigenvalue weighted by Crippen LogP contribution is 2.37. The fourth-order valence-corrected chi connectivity index (χ4v) is 2.38. The van der Waals surface area contributed by atoms with Crippen molar-refractivity contribution in [1.29, 1.82) is 5.26 Å². The van der Waals surface area contributed by atoms with Gasteiger partial charge in [-0.25, -0.2) is 9.48 Å². The van der Waals surface area contributed by atoms with E-state index in [4.69, 9.17) is 33.6 Å². The Labute approximate surface area is 143 Å². The van der Waals surface area contributed by atoms with E-state index in [1.54, 1.807) is 6.07 Å². The fourth-order valence-electron chi connectivity index (χ4n) is 1.74. The number of benzene rings is 1. The number of hydrogen-bond donors (Lipinski definition) is 1. The number of carboxylic acids is 1. The minimum atomic E-state index is -4.66. The van der Waals surface area contributed by atoms with Crippen LogP contribution in [0.1, 0.15) is 21.6 Å². The van der Waals surface area contributed by atoms with Crippen molar-refractivity contribution < 1.29 is 23.1 Å². The van der Waals surface area contributed by atoms with Crippen molar-refractivity contribution in [2.75, 3.05) is 0 Å². The van der Waals surface area contributed by atoms with Gasteiger partial charge in [0.25, 0.3) is 0 Å². The van der Waals surface area contributed by atoms with E-state index in [2.05, 4.69) is 5.10 Å². The lowest BCUT2D eigenvalue weighted by Crippen LogP contribution is -2.12. The van der Waals surface area contributed by atoms with Gasteiger partial charge in [0.1, 0.15) is 17.3 Å². The van der Waals surface area contributed by atoms with Gasteiger partial charge in [-0.05, 0) is 12.1 Å². The summed E-state index contributed by atoms with van der Waals surface area (Å²) in [4.78, 5) is 11.2. The summed E-state index contributed by atoms with van der Waals surface area (Å²) < 4.78 is 38.7. The van der Waals surface area contributed by atoms with Crippen LogP contribution in [0.25, 0.3) is 5.69 Å². The van der Waals surface area contributed by atoms with Crippen molar-refractivity contribution >= 4 is 41.6 Å². The van der Waals surface area contributed by atoms with Gasteiger partial charge in [0.15, 0.2) is 5.69 Å². The summed E-state index contributed by atoms with van der Waals surface area (Å²) in [6, 6.07) is 2.81. The molecule has 2 rings (SSSR count). The lowest BCUT2D eigenvalue weighted by molar-refractivity contribution is -0.137. The van der Waals surface area contributed by atoms with Gasteiger partial charge in [0.05, 0.1) is 21.8 Å². The molecular weight excluding hydrogens is 382 g/mol. The summed E-state index contributed by atoms with van der Waals surface area (Å²) in [5.41, 5.74) is -2.17. The maximum atomic E-state index is 12.7. The minimum absolute atomic E-state index is 0. The van der Waals surface area contributed by atoms with Crippen LogP contribution < -0.4 is 0 Å². The zero-order chi connectivity index (χ0) is 16.7. The summed E-state index contributed by atoms with van der Waals surface area (Å²) in [6.45, 7) is 0. The van der Waals surface area contributed by atoms with Crippen molar-refractivity contribution in [3.8, 4) is 11.8 Å². The third kappa shape index (κ3) is 3.52. The van der Waals surface area contributed by atoms with Gasteiger partial charge in [-0.1, -0.05) is 23.2 Å². The highest BCUT2D eigenvalue weighted by molar-refractivity contribution is 6.38. The maximum absolute atomic E-state index is 12.7. The van der Waals surface area contributed by atoms with Crippen molar-refractivity contribution in [3.05, 3.63) is 45.2 Å². The molecule has 0 atom stereocenters. The van der Waals surface area contributed by atoms with Crippen LogP contribution in [0, 0.1) is 11.3 Å². The van der Waals surface area contributed by atoms with Crippen LogP contribution >= 0.6 is 35.6 Å². The Morgan fingerprint density at radius 3 is 2.22 bits per heavy atom. The van der Waals surface area contributed by atoms with E-state index < -0.39 is 33.4 Å². The predicted molar refractivity (Wildman–Crippen MR) is 77.5 cm³/mol. The van der Waals surface area contributed by atoms with Crippen LogP contribution in [0.15, 0.2) is 18.3 Å². The van der Waals surface area contributed by atoms with E-state index in [1.165, 1.54) is 0 Å². The average Bonchev–Trinajstić information content (AvgIpc) is 2.80. The van der Waals surface area contributed by atoms with Crippen molar-refractivity contribution in [1.82, 2.24) is 9.78 Å². The highest BCUT2D eigenvalue weighted by atomic mass is 35.5. The Morgan fingerprint density at radius 1 is 1.30 bits per heavy atom. The zero-order valence-electron chi connectivity index (χ0n) is 10.7. The number of nitriles is 1. The summed E-state index contributed by atoms with van der Waals surface area (Å²) in [7, 11) is 0. The lowest BCUT2D eigenvalue weighted by Gasteiger charge is -2.13. The molecule has 1 N–H and O–H groups in total. The van der Waals surface area contributed by atoms with Crippen LogP contribution in [0.2, 0.25) is 10.0 Å². The molecule has 23 heavy (non-hydrogen) atoms. The average molecular weight is 387 g/mol. The first-order valence-electron chi connectivity index (χ1n) is 5.45. The second-order valence-electron chi connectivity index (χ2n) is 4.02. The largest absolute Gasteiger partial charge is 0.476 e. The molecule has 122 valence electrons. The molecule has 0 aliphatic heterocycles. The Bertz CT molecular complexity index is 789. The number of hydrogen-bond acceptors (Lipinski definition) is 3. The number of rotatable bonds is 2. The minimum Gasteiger partial charge on any atom is -0.476 e. The number of carbonyl (C=O) groups is 1.